The van der Waals surface area contributed by atoms with E-state index in [2.05, 4.69) is 21.4 Å². The van der Waals surface area contributed by atoms with E-state index in [1.807, 2.05) is 23.6 Å². The average molecular weight is 340 g/mol. The van der Waals surface area contributed by atoms with Gasteiger partial charge in [-0.15, -0.1) is 22.7 Å². The van der Waals surface area contributed by atoms with Crippen molar-refractivity contribution in [1.82, 2.24) is 9.97 Å². The summed E-state index contributed by atoms with van der Waals surface area (Å²) in [7, 11) is 0. The molecular formula is C15H12N6S2. The highest BCUT2D eigenvalue weighted by molar-refractivity contribution is 7.19. The Morgan fingerprint density at radius 3 is 2.78 bits per heavy atom. The number of anilines is 1. The van der Waals surface area contributed by atoms with Crippen LogP contribution in [0.15, 0.2) is 17.5 Å². The molecule has 3 N–H and O–H groups in total. The molecule has 8 heteroatoms. The Hall–Kier alpha value is -2.52. The first kappa shape index (κ1) is 15.4. The smallest absolute Gasteiger partial charge is 0.234 e. The predicted molar refractivity (Wildman–Crippen MR) is 91.2 cm³/mol. The largest absolute Gasteiger partial charge is 0.364 e. The third-order valence-electron chi connectivity index (χ3n) is 3.20. The van der Waals surface area contributed by atoms with Crippen LogP contribution in [0.2, 0.25) is 0 Å². The Balaban J connectivity index is 2.08. The van der Waals surface area contributed by atoms with Crippen LogP contribution in [-0.2, 0) is 13.0 Å². The van der Waals surface area contributed by atoms with E-state index in [1.54, 1.807) is 11.3 Å². The number of nitrogens with one attached hydrogen (secondary N) is 1. The van der Waals surface area contributed by atoms with E-state index in [4.69, 9.17) is 11.0 Å². The second-order valence-electron chi connectivity index (χ2n) is 4.67. The van der Waals surface area contributed by atoms with Gasteiger partial charge < -0.3 is 11.1 Å². The minimum atomic E-state index is 0.0554. The summed E-state index contributed by atoms with van der Waals surface area (Å²) in [6.45, 7) is 1.07. The molecule has 3 aromatic rings. The Morgan fingerprint density at radius 2 is 2.13 bits per heavy atom. The molecule has 0 radical (unpaired) electrons. The van der Waals surface area contributed by atoms with E-state index < -0.39 is 0 Å². The molecule has 0 aliphatic rings. The predicted octanol–water partition coefficient (Wildman–Crippen LogP) is 2.61. The van der Waals surface area contributed by atoms with Crippen LogP contribution in [0, 0.1) is 22.7 Å². The number of nitrogens with zero attached hydrogens (tertiary/aromatic N) is 4. The maximum absolute atomic E-state index is 9.42. The van der Waals surface area contributed by atoms with Gasteiger partial charge in [0.2, 0.25) is 5.82 Å². The van der Waals surface area contributed by atoms with E-state index in [9.17, 15) is 5.26 Å². The zero-order valence-corrected chi connectivity index (χ0v) is 13.7. The molecule has 23 heavy (non-hydrogen) atoms. The number of hydrogen-bond donors (Lipinski definition) is 2. The molecule has 0 saturated carbocycles. The van der Waals surface area contributed by atoms with Gasteiger partial charge in [0.25, 0.3) is 0 Å². The van der Waals surface area contributed by atoms with Gasteiger partial charge in [-0.05, 0) is 24.4 Å². The molecule has 114 valence electrons. The van der Waals surface area contributed by atoms with Crippen LogP contribution < -0.4 is 11.1 Å². The Bertz CT molecular complexity index is 914. The van der Waals surface area contributed by atoms with Crippen LogP contribution in [0.4, 0.5) is 5.82 Å². The summed E-state index contributed by atoms with van der Waals surface area (Å²) in [5.41, 5.74) is 6.64. The summed E-state index contributed by atoms with van der Waals surface area (Å²) >= 11 is 3.10. The summed E-state index contributed by atoms with van der Waals surface area (Å²) in [6.07, 6.45) is 0.607. The summed E-state index contributed by atoms with van der Waals surface area (Å²) in [5, 5.41) is 23.8. The maximum Gasteiger partial charge on any atom is 0.234 e. The van der Waals surface area contributed by atoms with Gasteiger partial charge in [-0.25, -0.2) is 9.97 Å². The lowest BCUT2D eigenvalue weighted by Crippen LogP contribution is -2.03. The molecule has 0 unspecified atom stereocenters. The van der Waals surface area contributed by atoms with Crippen molar-refractivity contribution in [1.29, 1.82) is 10.5 Å². The maximum atomic E-state index is 9.42. The highest BCUT2D eigenvalue weighted by atomic mass is 32.1. The Morgan fingerprint density at radius 1 is 1.26 bits per heavy atom. The van der Waals surface area contributed by atoms with E-state index in [1.165, 1.54) is 11.3 Å². The Labute approximate surface area is 140 Å². The minimum absolute atomic E-state index is 0.0554. The summed E-state index contributed by atoms with van der Waals surface area (Å²) in [5.74, 6) is 0.643. The molecule has 3 heterocycles. The fourth-order valence-electron chi connectivity index (χ4n) is 2.20. The van der Waals surface area contributed by atoms with Crippen LogP contribution in [0.5, 0.6) is 0 Å². The molecule has 0 aromatic carbocycles. The van der Waals surface area contributed by atoms with Crippen LogP contribution >= 0.6 is 22.7 Å². The van der Waals surface area contributed by atoms with Gasteiger partial charge in [0.05, 0.1) is 16.8 Å². The number of fused-ring (bicyclic) bond motifs is 1. The number of hydrogen-bond acceptors (Lipinski definition) is 8. The number of aromatic nitrogens is 2. The molecule has 0 aliphatic heterocycles. The third kappa shape index (κ3) is 3.01. The van der Waals surface area contributed by atoms with Crippen LogP contribution in [0.25, 0.3) is 10.2 Å². The quantitative estimate of drug-likeness (QED) is 0.738. The van der Waals surface area contributed by atoms with Gasteiger partial charge in [-0.2, -0.15) is 10.5 Å². The lowest BCUT2D eigenvalue weighted by molar-refractivity contribution is 0.985. The van der Waals surface area contributed by atoms with Crippen molar-refractivity contribution in [2.45, 2.75) is 13.0 Å². The second kappa shape index (κ2) is 6.71. The average Bonchev–Trinajstić information content (AvgIpc) is 3.19. The van der Waals surface area contributed by atoms with E-state index in [0.717, 1.165) is 14.5 Å². The molecule has 0 aliphatic carbocycles. The molecule has 0 bridgehead atoms. The topological polar surface area (TPSA) is 111 Å². The van der Waals surface area contributed by atoms with E-state index >= 15 is 0 Å². The van der Waals surface area contributed by atoms with Crippen LogP contribution in [-0.4, -0.2) is 16.5 Å². The van der Waals surface area contributed by atoms with Gasteiger partial charge in [0.15, 0.2) is 0 Å². The van der Waals surface area contributed by atoms with Crippen molar-refractivity contribution in [3.8, 4) is 12.1 Å². The van der Waals surface area contributed by atoms with Gasteiger partial charge in [0, 0.05) is 9.75 Å². The van der Waals surface area contributed by atoms with Gasteiger partial charge in [0.1, 0.15) is 23.5 Å². The second-order valence-corrected chi connectivity index (χ2v) is 6.81. The summed E-state index contributed by atoms with van der Waals surface area (Å²) < 4.78 is 0.792. The molecule has 0 fully saturated rings. The first-order chi connectivity index (χ1) is 11.3. The van der Waals surface area contributed by atoms with Gasteiger partial charge in [-0.3, -0.25) is 0 Å². The van der Waals surface area contributed by atoms with Crippen molar-refractivity contribution in [2.24, 2.45) is 5.73 Å². The molecular weight excluding hydrogens is 328 g/mol. The molecule has 3 rings (SSSR count). The van der Waals surface area contributed by atoms with Crippen molar-refractivity contribution in [2.75, 3.05) is 11.9 Å². The molecule has 6 nitrogen and oxygen atoms in total. The number of nitriles is 2. The molecule has 0 spiro atoms. The molecule has 0 saturated heterocycles. The highest BCUT2D eigenvalue weighted by Crippen LogP contribution is 2.34. The highest BCUT2D eigenvalue weighted by Gasteiger charge is 2.18. The summed E-state index contributed by atoms with van der Waals surface area (Å²) in [4.78, 5) is 10.5. The SMILES string of the molecule is N#Cc1nc(NCc2cccs2)c2sc(CCN)c(C#N)c2n1. The molecule has 3 aromatic heterocycles. The lowest BCUT2D eigenvalue weighted by Gasteiger charge is -2.05. The fourth-order valence-corrected chi connectivity index (χ4v) is 4.01. The zero-order chi connectivity index (χ0) is 16.2. The van der Waals surface area contributed by atoms with Crippen molar-refractivity contribution >= 4 is 38.7 Å². The monoisotopic (exact) mass is 340 g/mol. The number of thiophene rings is 2. The first-order valence-electron chi connectivity index (χ1n) is 6.86. The zero-order valence-electron chi connectivity index (χ0n) is 12.0. The lowest BCUT2D eigenvalue weighted by atomic mass is 10.2. The molecule has 0 amide bonds. The van der Waals surface area contributed by atoms with Crippen molar-refractivity contribution in [3.05, 3.63) is 38.7 Å². The number of nitrogens with two attached hydrogens (primary N) is 1. The molecule has 0 atom stereocenters. The third-order valence-corrected chi connectivity index (χ3v) is 5.32. The fraction of sp³-hybridized carbons (Fsp3) is 0.200. The minimum Gasteiger partial charge on any atom is -0.364 e. The summed E-state index contributed by atoms with van der Waals surface area (Å²) in [6, 6.07) is 8.14. The Kier molecular flexibility index (Phi) is 4.49. The first-order valence-corrected chi connectivity index (χ1v) is 8.56. The van der Waals surface area contributed by atoms with Crippen molar-refractivity contribution < 1.29 is 0 Å². The van der Waals surface area contributed by atoms with Crippen LogP contribution in [0.3, 0.4) is 0 Å². The van der Waals surface area contributed by atoms with E-state index in [-0.39, 0.29) is 5.82 Å². The van der Waals surface area contributed by atoms with Crippen LogP contribution in [0.1, 0.15) is 21.1 Å². The van der Waals surface area contributed by atoms with Gasteiger partial charge >= 0.3 is 0 Å². The van der Waals surface area contributed by atoms with Gasteiger partial charge in [-0.1, -0.05) is 6.07 Å². The number of rotatable bonds is 5. The van der Waals surface area contributed by atoms with E-state index in [0.29, 0.717) is 36.4 Å². The standard InChI is InChI=1S/C15H12N6S2/c16-4-3-11-10(6-17)13-14(23-11)15(21-12(7-18)20-13)19-8-9-2-1-5-22-9/h1-2,5H,3-4,8,16H2,(H,19,20,21). The van der Waals surface area contributed by atoms with Crippen molar-refractivity contribution in [3.63, 3.8) is 0 Å². The normalized spacial score (nSPS) is 10.4.